The second kappa shape index (κ2) is 4.03. The van der Waals surface area contributed by atoms with Crippen molar-refractivity contribution in [2.45, 2.75) is 11.3 Å². The van der Waals surface area contributed by atoms with Gasteiger partial charge in [0, 0.05) is 12.5 Å². The quantitative estimate of drug-likeness (QED) is 0.569. The lowest BCUT2D eigenvalue weighted by Crippen LogP contribution is -1.97. The van der Waals surface area contributed by atoms with Gasteiger partial charge in [-0.25, -0.2) is 0 Å². The van der Waals surface area contributed by atoms with Crippen LogP contribution >= 0.6 is 0 Å². The maximum Gasteiger partial charge on any atom is 0.355 e. The molecule has 0 saturated carbocycles. The summed E-state index contributed by atoms with van der Waals surface area (Å²) in [5.41, 5.74) is 1.01. The predicted molar refractivity (Wildman–Crippen MR) is 55.7 cm³/mol. The lowest BCUT2D eigenvalue weighted by atomic mass is 10.2. The predicted octanol–water partition coefficient (Wildman–Crippen LogP) is 0.912. The van der Waals surface area contributed by atoms with E-state index in [1.54, 1.807) is 6.07 Å². The zero-order valence-electron chi connectivity index (χ0n) is 8.62. The Kier molecular flexibility index (Phi) is 2.72. The molecule has 16 heavy (non-hydrogen) atoms. The fourth-order valence-corrected chi connectivity index (χ4v) is 2.20. The molecule has 1 aliphatic rings. The first kappa shape index (κ1) is 10.8. The second-order valence-electron chi connectivity index (χ2n) is 3.21. The molecule has 2 rings (SSSR count). The van der Waals surface area contributed by atoms with E-state index in [1.165, 1.54) is 19.2 Å². The zero-order valence-corrected chi connectivity index (χ0v) is 9.44. The van der Waals surface area contributed by atoms with Gasteiger partial charge in [0.1, 0.15) is 17.9 Å². The Bertz CT molecular complexity index is 574. The number of hydrogen-bond acceptors (Lipinski definition) is 4. The van der Waals surface area contributed by atoms with E-state index in [4.69, 9.17) is 4.74 Å². The lowest BCUT2D eigenvalue weighted by Gasteiger charge is -1.99. The Morgan fingerprint density at radius 3 is 3.00 bits per heavy atom. The van der Waals surface area contributed by atoms with Gasteiger partial charge < -0.3 is 4.74 Å². The summed E-state index contributed by atoms with van der Waals surface area (Å²) >= 11 is 0. The van der Waals surface area contributed by atoms with Gasteiger partial charge in [-0.05, 0) is 11.6 Å². The van der Waals surface area contributed by atoms with Crippen LogP contribution in [0, 0.1) is 0 Å². The first-order valence-corrected chi connectivity index (χ1v) is 6.09. The summed E-state index contributed by atoms with van der Waals surface area (Å²) in [5, 5.41) is 3.27. The normalized spacial score (nSPS) is 13.6. The molecule has 0 fully saturated rings. The van der Waals surface area contributed by atoms with E-state index >= 15 is 0 Å². The van der Waals surface area contributed by atoms with Crippen LogP contribution in [0.15, 0.2) is 32.7 Å². The molecule has 0 aliphatic carbocycles. The topological polar surface area (TPSA) is 82.2 Å². The minimum Gasteiger partial charge on any atom is -0.493 e. The molecule has 0 atom stereocenters. The third-order valence-electron chi connectivity index (χ3n) is 2.20. The number of hydrogen-bond donors (Lipinski definition) is 0. The Balaban J connectivity index is 2.46. The van der Waals surface area contributed by atoms with Crippen LogP contribution in [0.4, 0.5) is 0 Å². The van der Waals surface area contributed by atoms with Gasteiger partial charge in [0.25, 0.3) is 4.52 Å². The van der Waals surface area contributed by atoms with Crippen LogP contribution in [-0.2, 0) is 16.4 Å². The summed E-state index contributed by atoms with van der Waals surface area (Å²) in [6, 6.07) is 4.69. The molecule has 1 heterocycles. The van der Waals surface area contributed by atoms with Crippen LogP contribution < -0.4 is 9.65 Å². The first-order valence-electron chi connectivity index (χ1n) is 4.65. The highest BCUT2D eigenvalue weighted by Crippen LogP contribution is 2.28. The molecule has 0 amide bonds. The molecule has 0 spiro atoms. The number of fused-ring (bicyclic) bond motifs is 1. The van der Waals surface area contributed by atoms with E-state index < -0.39 is 10.0 Å². The summed E-state index contributed by atoms with van der Waals surface area (Å²) in [4.78, 5) is 3.20. The lowest BCUT2D eigenvalue weighted by molar-refractivity contribution is 0.356. The summed E-state index contributed by atoms with van der Waals surface area (Å²) in [7, 11) is -2.41. The highest BCUT2D eigenvalue weighted by molar-refractivity contribution is 7.90. The van der Waals surface area contributed by atoms with E-state index in [1.807, 2.05) is 0 Å². The SMILES string of the molecule is CN=[N+]=NS(=O)(=O)c1ccc2c(c1)OCC2. The van der Waals surface area contributed by atoms with Gasteiger partial charge in [0.05, 0.1) is 11.5 Å². The molecule has 0 unspecified atom stereocenters. The standard InChI is InChI=1S/C9H10N3O3S/c1-10-11-12-16(13,14)8-3-2-7-4-5-15-9(7)6-8/h2-3,6H,4-5H2,1H3/q+1. The number of rotatable bonds is 2. The third kappa shape index (κ3) is 1.95. The molecule has 0 aromatic heterocycles. The monoisotopic (exact) mass is 240 g/mol. The van der Waals surface area contributed by atoms with Crippen molar-refractivity contribution >= 4 is 10.0 Å². The van der Waals surface area contributed by atoms with Gasteiger partial charge >= 0.3 is 10.0 Å². The minimum atomic E-state index is -3.76. The van der Waals surface area contributed by atoms with Gasteiger partial charge in [0.2, 0.25) is 4.91 Å². The van der Waals surface area contributed by atoms with E-state index in [2.05, 4.69) is 14.5 Å². The zero-order chi connectivity index (χ0) is 11.6. The van der Waals surface area contributed by atoms with Crippen molar-refractivity contribution in [2.24, 2.45) is 9.63 Å². The van der Waals surface area contributed by atoms with Gasteiger partial charge in [-0.1, -0.05) is 6.07 Å². The number of nitrogens with zero attached hydrogens (tertiary/aromatic N) is 3. The van der Waals surface area contributed by atoms with Crippen molar-refractivity contribution in [1.82, 2.24) is 4.91 Å². The molecule has 7 heteroatoms. The summed E-state index contributed by atoms with van der Waals surface area (Å²) in [6.45, 7) is 0.588. The smallest absolute Gasteiger partial charge is 0.355 e. The fourth-order valence-electron chi connectivity index (χ4n) is 1.44. The van der Waals surface area contributed by atoms with Crippen molar-refractivity contribution < 1.29 is 13.2 Å². The van der Waals surface area contributed by atoms with Crippen LogP contribution in [0.2, 0.25) is 0 Å². The summed E-state index contributed by atoms with van der Waals surface area (Å²) < 4.78 is 31.7. The molecule has 0 radical (unpaired) electrons. The maximum atomic E-state index is 11.6. The Morgan fingerprint density at radius 1 is 1.44 bits per heavy atom. The van der Waals surface area contributed by atoms with Gasteiger partial charge in [-0.2, -0.15) is 8.42 Å². The second-order valence-corrected chi connectivity index (χ2v) is 4.80. The van der Waals surface area contributed by atoms with Crippen molar-refractivity contribution in [3.63, 3.8) is 0 Å². The molecule has 0 bridgehead atoms. The molecule has 84 valence electrons. The number of ether oxygens (including phenoxy) is 1. The Hall–Kier alpha value is -1.72. The molecular formula is C9H10N3O3S+. The molecule has 0 saturated heterocycles. The van der Waals surface area contributed by atoms with E-state index in [0.717, 1.165) is 12.0 Å². The maximum absolute atomic E-state index is 11.6. The van der Waals surface area contributed by atoms with Crippen LogP contribution in [0.5, 0.6) is 5.75 Å². The largest absolute Gasteiger partial charge is 0.493 e. The van der Waals surface area contributed by atoms with Crippen molar-refractivity contribution in [1.29, 1.82) is 0 Å². The third-order valence-corrected chi connectivity index (χ3v) is 3.34. The van der Waals surface area contributed by atoms with E-state index in [9.17, 15) is 8.42 Å². The van der Waals surface area contributed by atoms with Gasteiger partial charge in [0.15, 0.2) is 0 Å². The molecule has 1 aliphatic heterocycles. The summed E-state index contributed by atoms with van der Waals surface area (Å²) in [6.07, 6.45) is 0.807. The van der Waals surface area contributed by atoms with Crippen molar-refractivity contribution in [2.75, 3.05) is 13.7 Å². The molecule has 6 nitrogen and oxygen atoms in total. The molecule has 1 aromatic carbocycles. The highest BCUT2D eigenvalue weighted by Gasteiger charge is 2.22. The van der Waals surface area contributed by atoms with Crippen LogP contribution in [0.1, 0.15) is 5.56 Å². The van der Waals surface area contributed by atoms with Crippen LogP contribution in [-0.4, -0.2) is 22.1 Å². The van der Waals surface area contributed by atoms with Crippen LogP contribution in [0.25, 0.3) is 0 Å². The van der Waals surface area contributed by atoms with Gasteiger partial charge in [-0.3, -0.25) is 0 Å². The van der Waals surface area contributed by atoms with Crippen molar-refractivity contribution in [3.8, 4) is 5.75 Å². The van der Waals surface area contributed by atoms with Crippen molar-refractivity contribution in [3.05, 3.63) is 23.8 Å². The van der Waals surface area contributed by atoms with E-state index in [-0.39, 0.29) is 4.90 Å². The Morgan fingerprint density at radius 2 is 2.25 bits per heavy atom. The average molecular weight is 240 g/mol. The number of sulfonamides is 1. The number of benzene rings is 1. The molecule has 0 N–H and O–H groups in total. The Labute approximate surface area is 92.7 Å². The minimum absolute atomic E-state index is 0.0700. The highest BCUT2D eigenvalue weighted by atomic mass is 32.2. The fraction of sp³-hybridized carbons (Fsp3) is 0.333. The van der Waals surface area contributed by atoms with E-state index in [0.29, 0.717) is 12.4 Å². The summed E-state index contributed by atoms with van der Waals surface area (Å²) in [5.74, 6) is 0.602. The average Bonchev–Trinajstić information content (AvgIpc) is 2.73. The van der Waals surface area contributed by atoms with Crippen LogP contribution in [0.3, 0.4) is 0 Å². The molecular weight excluding hydrogens is 230 g/mol. The first-order chi connectivity index (χ1) is 7.63. The molecule has 1 aromatic rings. The van der Waals surface area contributed by atoms with Gasteiger partial charge in [-0.15, -0.1) is 0 Å².